The van der Waals surface area contributed by atoms with Gasteiger partial charge in [-0.3, -0.25) is 18.8 Å². The third-order valence-corrected chi connectivity index (χ3v) is 7.47. The third kappa shape index (κ3) is 10.9. The molecule has 0 aliphatic carbocycles. The minimum absolute atomic E-state index is 0. The van der Waals surface area contributed by atoms with Crippen LogP contribution in [0.25, 0.3) is 33.1 Å². The van der Waals surface area contributed by atoms with Crippen LogP contribution in [0.5, 0.6) is 0 Å². The minimum Gasteiger partial charge on any atom is -0.870 e. The Morgan fingerprint density at radius 2 is 1.11 bits per heavy atom. The van der Waals surface area contributed by atoms with Gasteiger partial charge in [0, 0.05) is 21.1 Å². The molecule has 0 amide bonds. The van der Waals surface area contributed by atoms with Gasteiger partial charge in [0.05, 0.1) is 46.9 Å². The molecule has 0 aromatic carbocycles. The second-order valence-corrected chi connectivity index (χ2v) is 11.0. The predicted molar refractivity (Wildman–Crippen MR) is 185 cm³/mol. The van der Waals surface area contributed by atoms with E-state index in [0.717, 1.165) is 23.9 Å². The quantitative estimate of drug-likeness (QED) is 0.0804. The van der Waals surface area contributed by atoms with Crippen molar-refractivity contribution >= 4 is 86.1 Å². The number of fused-ring (bicyclic) bond motifs is 3. The van der Waals surface area contributed by atoms with Gasteiger partial charge >= 0.3 is 30.8 Å². The number of aromatic carboxylic acids is 1. The molecule has 0 spiro atoms. The van der Waals surface area contributed by atoms with Crippen molar-refractivity contribution in [3.63, 3.8) is 0 Å². The second-order valence-electron chi connectivity index (χ2n) is 9.91. The number of carbonyl (C=O) groups is 3. The standard InChI is InChI=1S/C11H14N4O2.C7H6N4O2.C6H5ClN4.C5H2Cl2N2O.Li.H2O/c1-3-4-5-17-11(16)9-8-6-14-15(2)10(8)13-7-12-9;1-11-6-4(2-10-11)5(7(12)13)8-3-9-6;1-11-6-4(2-10-11)5(7)8-3-9-6;6-4-3(1-10)5(7)9-2-8-4;;/h6-7H,3-5H2,1-2H3;2-3H,1H3,(H,12,13);2-3H,1H3;1-2H;;1H2/q;;;;+1;/p-1. The van der Waals surface area contributed by atoms with Gasteiger partial charge in [-0.1, -0.05) is 48.1 Å². The number of hydrogen-bond acceptors (Lipinski definition) is 16. The Balaban J connectivity index is 0.000000246. The first-order valence-electron chi connectivity index (χ1n) is 14.5. The molecule has 0 radical (unpaired) electrons. The fourth-order valence-electron chi connectivity index (χ4n) is 4.02. The largest absolute Gasteiger partial charge is 1.00 e. The Morgan fingerprint density at radius 3 is 1.57 bits per heavy atom. The normalized spacial score (nSPS) is 10.0. The molecule has 0 aliphatic heterocycles. The summed E-state index contributed by atoms with van der Waals surface area (Å²) in [5.74, 6) is -1.49. The van der Waals surface area contributed by atoms with Crippen molar-refractivity contribution in [2.75, 3.05) is 6.61 Å². The SMILES string of the molecule is CCCCOC(=O)c1ncnc2c1cnn2C.Cn1ncc2c(C(=O)O)ncnc21.Cn1ncc2c(Cl)ncnc21.O=Cc1c(Cl)ncnc1Cl.[Li+].[OH-]. The molecule has 0 aliphatic rings. The van der Waals surface area contributed by atoms with Gasteiger partial charge in [-0.05, 0) is 6.42 Å². The summed E-state index contributed by atoms with van der Waals surface area (Å²) in [6.45, 7) is 2.46. The fourth-order valence-corrected chi connectivity index (χ4v) is 4.60. The first kappa shape index (κ1) is 43.9. The molecule has 20 nitrogen and oxygen atoms in total. The summed E-state index contributed by atoms with van der Waals surface area (Å²) >= 11 is 16.7. The first-order chi connectivity index (χ1) is 24.5. The van der Waals surface area contributed by atoms with Crippen LogP contribution in [0.15, 0.2) is 43.9 Å². The van der Waals surface area contributed by atoms with Crippen LogP contribution >= 0.6 is 34.8 Å². The summed E-state index contributed by atoms with van der Waals surface area (Å²) in [5, 5.41) is 23.2. The van der Waals surface area contributed by atoms with Gasteiger partial charge in [-0.25, -0.2) is 49.5 Å². The second kappa shape index (κ2) is 20.7. The van der Waals surface area contributed by atoms with Crippen molar-refractivity contribution in [1.82, 2.24) is 69.2 Å². The zero-order valence-corrected chi connectivity index (χ0v) is 30.9. The van der Waals surface area contributed by atoms with E-state index in [4.69, 9.17) is 44.6 Å². The number of aldehydes is 1. The van der Waals surface area contributed by atoms with E-state index in [0.29, 0.717) is 40.1 Å². The number of unbranched alkanes of at least 4 members (excludes halogenated alkanes) is 1. The van der Waals surface area contributed by atoms with E-state index in [-0.39, 0.29) is 51.6 Å². The zero-order valence-electron chi connectivity index (χ0n) is 28.7. The number of carbonyl (C=O) groups excluding carboxylic acids is 2. The number of halogens is 3. The Labute approximate surface area is 326 Å². The minimum atomic E-state index is -1.07. The van der Waals surface area contributed by atoms with Crippen LogP contribution in [0.2, 0.25) is 15.5 Å². The van der Waals surface area contributed by atoms with E-state index in [1.54, 1.807) is 35.9 Å². The van der Waals surface area contributed by atoms with Crippen LogP contribution < -0.4 is 18.9 Å². The van der Waals surface area contributed by atoms with Gasteiger partial charge in [0.1, 0.15) is 40.8 Å². The molecular formula is C29H28Cl3LiN14O6. The van der Waals surface area contributed by atoms with Gasteiger partial charge < -0.3 is 15.3 Å². The van der Waals surface area contributed by atoms with Gasteiger partial charge in [0.25, 0.3) is 0 Å². The molecule has 0 atom stereocenters. The molecule has 53 heavy (non-hydrogen) atoms. The number of rotatable bonds is 6. The Bertz CT molecular complexity index is 2300. The number of carboxylic acids is 1. The van der Waals surface area contributed by atoms with Crippen LogP contribution in [-0.2, 0) is 25.9 Å². The summed E-state index contributed by atoms with van der Waals surface area (Å²) in [5.41, 5.74) is 2.29. The molecule has 7 rings (SSSR count). The van der Waals surface area contributed by atoms with Crippen LogP contribution in [0, 0.1) is 0 Å². The van der Waals surface area contributed by atoms with E-state index in [1.807, 2.05) is 14.0 Å². The topological polar surface area (TPSA) is 267 Å². The molecule has 0 fully saturated rings. The number of carboxylic acid groups (broad SMARTS) is 1. The summed E-state index contributed by atoms with van der Waals surface area (Å²) in [6, 6.07) is 0. The van der Waals surface area contributed by atoms with Crippen LogP contribution in [0.4, 0.5) is 0 Å². The van der Waals surface area contributed by atoms with Gasteiger partial charge in [0.15, 0.2) is 34.6 Å². The van der Waals surface area contributed by atoms with Gasteiger partial charge in [-0.15, -0.1) is 0 Å². The molecule has 0 saturated carbocycles. The van der Waals surface area contributed by atoms with Crippen molar-refractivity contribution in [3.05, 3.63) is 76.3 Å². The number of ether oxygens (including phenoxy) is 1. The molecule has 2 N–H and O–H groups in total. The summed E-state index contributed by atoms with van der Waals surface area (Å²) in [4.78, 5) is 63.2. The number of hydrogen-bond donors (Lipinski definition) is 1. The summed E-state index contributed by atoms with van der Waals surface area (Å²) in [7, 11) is 5.27. The first-order valence-corrected chi connectivity index (χ1v) is 15.7. The van der Waals surface area contributed by atoms with E-state index in [1.165, 1.54) is 36.2 Å². The average Bonchev–Trinajstić information content (AvgIpc) is 3.82. The Kier molecular flexibility index (Phi) is 17.2. The van der Waals surface area contributed by atoms with Crippen LogP contribution in [-0.4, -0.2) is 105 Å². The fraction of sp³-hybridized carbons (Fsp3) is 0.241. The van der Waals surface area contributed by atoms with Crippen molar-refractivity contribution < 1.29 is 48.6 Å². The maximum atomic E-state index is 11.8. The average molecular weight is 782 g/mol. The van der Waals surface area contributed by atoms with Crippen molar-refractivity contribution in [2.24, 2.45) is 21.1 Å². The molecular weight excluding hydrogens is 754 g/mol. The van der Waals surface area contributed by atoms with E-state index in [9.17, 15) is 14.4 Å². The third-order valence-electron chi connectivity index (χ3n) is 6.57. The van der Waals surface area contributed by atoms with Gasteiger partial charge in [-0.2, -0.15) is 15.3 Å². The number of aromatic nitrogens is 14. The van der Waals surface area contributed by atoms with Crippen LogP contribution in [0.3, 0.4) is 0 Å². The van der Waals surface area contributed by atoms with Crippen LogP contribution in [0.1, 0.15) is 51.1 Å². The van der Waals surface area contributed by atoms with Gasteiger partial charge in [0.2, 0.25) is 0 Å². The van der Waals surface area contributed by atoms with E-state index >= 15 is 0 Å². The van der Waals surface area contributed by atoms with E-state index < -0.39 is 11.9 Å². The maximum Gasteiger partial charge on any atom is 1.00 e. The predicted octanol–water partition coefficient (Wildman–Crippen LogP) is 0.821. The molecule has 0 saturated heterocycles. The number of esters is 1. The molecule has 0 unspecified atom stereocenters. The van der Waals surface area contributed by atoms with Crippen molar-refractivity contribution in [1.29, 1.82) is 0 Å². The monoisotopic (exact) mass is 780 g/mol. The van der Waals surface area contributed by atoms with E-state index in [2.05, 4.69) is 55.2 Å². The number of nitrogens with zero attached hydrogens (tertiary/aromatic N) is 14. The van der Waals surface area contributed by atoms with Crippen molar-refractivity contribution in [2.45, 2.75) is 19.8 Å². The molecule has 7 aromatic heterocycles. The Morgan fingerprint density at radius 1 is 0.698 bits per heavy atom. The Hall–Kier alpha value is -5.23. The summed E-state index contributed by atoms with van der Waals surface area (Å²) in [6.07, 6.45) is 12.2. The summed E-state index contributed by atoms with van der Waals surface area (Å²) < 4.78 is 9.88. The maximum absolute atomic E-state index is 11.8. The molecule has 24 heteroatoms. The number of aryl methyl sites for hydroxylation is 3. The van der Waals surface area contributed by atoms with Crippen molar-refractivity contribution in [3.8, 4) is 0 Å². The molecule has 7 aromatic rings. The smallest absolute Gasteiger partial charge is 0.870 e. The molecule has 0 bridgehead atoms. The molecule has 7 heterocycles. The molecule has 272 valence electrons. The zero-order chi connectivity index (χ0) is 37.1.